The quantitative estimate of drug-likeness (QED) is 0.868. The van der Waals surface area contributed by atoms with Crippen LogP contribution in [0.4, 0.5) is 5.69 Å². The Morgan fingerprint density at radius 3 is 3.04 bits per heavy atom. The molecule has 1 amide bonds. The second kappa shape index (κ2) is 8.03. The molecule has 1 aromatic heterocycles. The number of rotatable bonds is 5. The van der Waals surface area contributed by atoms with Crippen molar-refractivity contribution in [2.24, 2.45) is 5.92 Å². The number of aryl methyl sites for hydroxylation is 1. The van der Waals surface area contributed by atoms with E-state index in [9.17, 15) is 4.79 Å². The Morgan fingerprint density at radius 2 is 2.35 bits per heavy atom. The number of nitrogens with one attached hydrogen (secondary N) is 2. The number of nitrogens with zero attached hydrogens (tertiary/aromatic N) is 4. The van der Waals surface area contributed by atoms with Crippen LogP contribution in [0.25, 0.3) is 5.69 Å². The number of carbonyl (C=O) groups excluding carboxylic acids is 1. The highest BCUT2D eigenvalue weighted by Crippen LogP contribution is 2.17. The number of aromatic nitrogens is 4. The van der Waals surface area contributed by atoms with E-state index in [0.717, 1.165) is 30.9 Å². The Morgan fingerprint density at radius 1 is 1.48 bits per heavy atom. The molecule has 1 aromatic carbocycles. The first-order valence-corrected chi connectivity index (χ1v) is 7.58. The lowest BCUT2D eigenvalue weighted by molar-refractivity contribution is -0.116. The van der Waals surface area contributed by atoms with Crippen LogP contribution in [0.3, 0.4) is 0 Å². The van der Waals surface area contributed by atoms with Crippen molar-refractivity contribution in [3.8, 4) is 5.69 Å². The molecule has 1 saturated heterocycles. The first-order valence-electron chi connectivity index (χ1n) is 7.58. The first-order chi connectivity index (χ1) is 10.7. The molecule has 1 atom stereocenters. The number of hydrogen-bond donors (Lipinski definition) is 2. The van der Waals surface area contributed by atoms with E-state index in [2.05, 4.69) is 26.2 Å². The van der Waals surface area contributed by atoms with Gasteiger partial charge in [-0.3, -0.25) is 4.79 Å². The monoisotopic (exact) mass is 336 g/mol. The van der Waals surface area contributed by atoms with Crippen LogP contribution in [0.15, 0.2) is 24.3 Å². The van der Waals surface area contributed by atoms with Crippen molar-refractivity contribution >= 4 is 24.0 Å². The van der Waals surface area contributed by atoms with Gasteiger partial charge in [-0.05, 0) is 67.4 Å². The van der Waals surface area contributed by atoms with E-state index < -0.39 is 0 Å². The molecule has 1 aliphatic heterocycles. The van der Waals surface area contributed by atoms with Gasteiger partial charge in [0.2, 0.25) is 5.91 Å². The minimum absolute atomic E-state index is 0. The molecule has 0 radical (unpaired) electrons. The summed E-state index contributed by atoms with van der Waals surface area (Å²) in [6, 6.07) is 7.53. The van der Waals surface area contributed by atoms with Gasteiger partial charge in [0, 0.05) is 12.1 Å². The van der Waals surface area contributed by atoms with E-state index in [1.165, 1.54) is 6.42 Å². The van der Waals surface area contributed by atoms with Crippen LogP contribution in [0.2, 0.25) is 0 Å². The van der Waals surface area contributed by atoms with E-state index >= 15 is 0 Å². The number of carbonyl (C=O) groups is 1. The normalized spacial score (nSPS) is 16.8. The molecule has 0 aliphatic carbocycles. The lowest BCUT2D eigenvalue weighted by atomic mass is 10.0. The minimum atomic E-state index is 0. The van der Waals surface area contributed by atoms with Crippen molar-refractivity contribution in [2.45, 2.75) is 26.2 Å². The molecule has 2 aromatic rings. The van der Waals surface area contributed by atoms with Crippen LogP contribution in [0, 0.1) is 12.8 Å². The molecule has 0 spiro atoms. The van der Waals surface area contributed by atoms with Gasteiger partial charge in [0.25, 0.3) is 0 Å². The molecular formula is C15H21ClN6O. The van der Waals surface area contributed by atoms with Crippen LogP contribution >= 0.6 is 12.4 Å². The smallest absolute Gasteiger partial charge is 0.224 e. The number of anilines is 1. The summed E-state index contributed by atoms with van der Waals surface area (Å²) in [6.45, 7) is 3.93. The molecular weight excluding hydrogens is 316 g/mol. The summed E-state index contributed by atoms with van der Waals surface area (Å²) in [7, 11) is 0. The average molecular weight is 337 g/mol. The van der Waals surface area contributed by atoms with Gasteiger partial charge in [0.1, 0.15) is 0 Å². The predicted molar refractivity (Wildman–Crippen MR) is 90.0 cm³/mol. The van der Waals surface area contributed by atoms with Crippen molar-refractivity contribution in [1.29, 1.82) is 0 Å². The maximum absolute atomic E-state index is 12.1. The molecule has 23 heavy (non-hydrogen) atoms. The van der Waals surface area contributed by atoms with Crippen molar-refractivity contribution in [2.75, 3.05) is 18.4 Å². The molecule has 1 unspecified atom stereocenters. The summed E-state index contributed by atoms with van der Waals surface area (Å²) in [4.78, 5) is 12.1. The van der Waals surface area contributed by atoms with E-state index in [-0.39, 0.29) is 18.3 Å². The van der Waals surface area contributed by atoms with Gasteiger partial charge in [-0.1, -0.05) is 6.07 Å². The number of halogens is 1. The second-order valence-corrected chi connectivity index (χ2v) is 5.63. The van der Waals surface area contributed by atoms with Crippen molar-refractivity contribution in [3.05, 3.63) is 30.1 Å². The Kier molecular flexibility index (Phi) is 6.06. The first kappa shape index (κ1) is 17.4. The molecule has 0 bridgehead atoms. The number of benzene rings is 1. The average Bonchev–Trinajstić information content (AvgIpc) is 3.16. The fraction of sp³-hybridized carbons (Fsp3) is 0.467. The summed E-state index contributed by atoms with van der Waals surface area (Å²) in [5.41, 5.74) is 1.60. The van der Waals surface area contributed by atoms with Crippen molar-refractivity contribution < 1.29 is 4.79 Å². The molecule has 124 valence electrons. The van der Waals surface area contributed by atoms with E-state index in [1.807, 2.05) is 31.2 Å². The van der Waals surface area contributed by atoms with E-state index in [1.54, 1.807) is 4.68 Å². The summed E-state index contributed by atoms with van der Waals surface area (Å²) < 4.78 is 1.64. The molecule has 1 aliphatic rings. The zero-order chi connectivity index (χ0) is 15.4. The van der Waals surface area contributed by atoms with Crippen LogP contribution in [0.5, 0.6) is 0 Å². The zero-order valence-electron chi connectivity index (χ0n) is 13.0. The van der Waals surface area contributed by atoms with Gasteiger partial charge in [0.15, 0.2) is 5.82 Å². The molecule has 8 heteroatoms. The van der Waals surface area contributed by atoms with Gasteiger partial charge >= 0.3 is 0 Å². The summed E-state index contributed by atoms with van der Waals surface area (Å²) >= 11 is 0. The van der Waals surface area contributed by atoms with E-state index in [0.29, 0.717) is 18.2 Å². The highest BCUT2D eigenvalue weighted by Gasteiger charge is 2.15. The van der Waals surface area contributed by atoms with Crippen LogP contribution in [-0.4, -0.2) is 39.2 Å². The van der Waals surface area contributed by atoms with Gasteiger partial charge in [0.05, 0.1) is 5.69 Å². The summed E-state index contributed by atoms with van der Waals surface area (Å²) in [5.74, 6) is 1.38. The fourth-order valence-electron chi connectivity index (χ4n) is 2.71. The molecule has 2 N–H and O–H groups in total. The SMILES string of the molecule is Cc1nnnn1-c1cccc(NC(=O)CCC2CCNC2)c1.Cl. The van der Waals surface area contributed by atoms with E-state index in [4.69, 9.17) is 0 Å². The highest BCUT2D eigenvalue weighted by atomic mass is 35.5. The van der Waals surface area contributed by atoms with Crippen molar-refractivity contribution in [3.63, 3.8) is 0 Å². The maximum Gasteiger partial charge on any atom is 0.224 e. The molecule has 0 saturated carbocycles. The predicted octanol–water partition coefficient (Wildman–Crippen LogP) is 1.72. The number of amides is 1. The van der Waals surface area contributed by atoms with Crippen LogP contribution < -0.4 is 10.6 Å². The third kappa shape index (κ3) is 4.49. The summed E-state index contributed by atoms with van der Waals surface area (Å²) in [6.07, 6.45) is 2.66. The second-order valence-electron chi connectivity index (χ2n) is 5.63. The maximum atomic E-state index is 12.1. The Bertz CT molecular complexity index is 653. The minimum Gasteiger partial charge on any atom is -0.326 e. The zero-order valence-corrected chi connectivity index (χ0v) is 13.8. The standard InChI is InChI=1S/C15H20N6O.ClH/c1-11-18-19-20-21(11)14-4-2-3-13(9-14)17-15(22)6-5-12-7-8-16-10-12;/h2-4,9,12,16H,5-8,10H2,1H3,(H,17,22);1H. The topological polar surface area (TPSA) is 84.7 Å². The van der Waals surface area contributed by atoms with Gasteiger partial charge in [-0.2, -0.15) is 4.68 Å². The Labute approximate surface area is 141 Å². The van der Waals surface area contributed by atoms with Gasteiger partial charge < -0.3 is 10.6 Å². The largest absolute Gasteiger partial charge is 0.326 e. The molecule has 1 fully saturated rings. The molecule has 2 heterocycles. The summed E-state index contributed by atoms with van der Waals surface area (Å²) in [5, 5.41) is 17.7. The van der Waals surface area contributed by atoms with Gasteiger partial charge in [-0.15, -0.1) is 17.5 Å². The third-order valence-corrected chi connectivity index (χ3v) is 3.94. The van der Waals surface area contributed by atoms with Gasteiger partial charge in [-0.25, -0.2) is 0 Å². The fourth-order valence-corrected chi connectivity index (χ4v) is 2.71. The number of tetrazole rings is 1. The molecule has 7 nitrogen and oxygen atoms in total. The Balaban J connectivity index is 0.00000192. The lowest BCUT2D eigenvalue weighted by Crippen LogP contribution is -2.15. The number of hydrogen-bond acceptors (Lipinski definition) is 5. The van der Waals surface area contributed by atoms with Crippen molar-refractivity contribution in [1.82, 2.24) is 25.5 Å². The van der Waals surface area contributed by atoms with Crippen LogP contribution in [-0.2, 0) is 4.79 Å². The lowest BCUT2D eigenvalue weighted by Gasteiger charge is -2.10. The van der Waals surface area contributed by atoms with Crippen LogP contribution in [0.1, 0.15) is 25.1 Å². The molecule has 3 rings (SSSR count). The highest BCUT2D eigenvalue weighted by molar-refractivity contribution is 5.90. The Hall–Kier alpha value is -1.99. The third-order valence-electron chi connectivity index (χ3n) is 3.94.